The molecule has 25 heavy (non-hydrogen) atoms. The predicted molar refractivity (Wildman–Crippen MR) is 97.9 cm³/mol. The van der Waals surface area contributed by atoms with E-state index < -0.39 is 27.4 Å². The van der Waals surface area contributed by atoms with Gasteiger partial charge in [-0.25, -0.2) is 8.42 Å². The van der Waals surface area contributed by atoms with Crippen LogP contribution in [0.3, 0.4) is 0 Å². The van der Waals surface area contributed by atoms with Gasteiger partial charge in [-0.2, -0.15) is 5.26 Å². The lowest BCUT2D eigenvalue weighted by atomic mass is 9.87. The van der Waals surface area contributed by atoms with Crippen LogP contribution < -0.4 is 10.0 Å². The maximum atomic E-state index is 12.4. The molecule has 0 aliphatic rings. The Kier molecular flexibility index (Phi) is 5.50. The lowest BCUT2D eigenvalue weighted by Crippen LogP contribution is -2.42. The number of nitrogens with zero attached hydrogens (tertiary/aromatic N) is 1. The van der Waals surface area contributed by atoms with Crippen molar-refractivity contribution in [2.75, 3.05) is 4.72 Å². The highest BCUT2D eigenvalue weighted by Gasteiger charge is 2.26. The van der Waals surface area contributed by atoms with Crippen molar-refractivity contribution in [3.8, 4) is 6.07 Å². The van der Waals surface area contributed by atoms with Crippen LogP contribution in [0.2, 0.25) is 0 Å². The van der Waals surface area contributed by atoms with Crippen LogP contribution in [0.25, 0.3) is 0 Å². The molecule has 0 saturated carbocycles. The van der Waals surface area contributed by atoms with E-state index in [1.165, 1.54) is 12.1 Å². The zero-order valence-corrected chi connectivity index (χ0v) is 15.7. The summed E-state index contributed by atoms with van der Waals surface area (Å²) in [4.78, 5) is 12.4. The van der Waals surface area contributed by atoms with Crippen LogP contribution in [0.4, 0.5) is 5.69 Å². The first-order chi connectivity index (χ1) is 11.6. The van der Waals surface area contributed by atoms with Gasteiger partial charge >= 0.3 is 0 Å². The molecule has 2 aromatic rings. The molecule has 0 fully saturated rings. The van der Waals surface area contributed by atoms with Gasteiger partial charge in [-0.15, -0.1) is 11.3 Å². The van der Waals surface area contributed by atoms with E-state index in [0.717, 1.165) is 11.3 Å². The number of carbonyl (C=O) groups is 1. The number of rotatable bonds is 5. The van der Waals surface area contributed by atoms with Crippen molar-refractivity contribution in [3.63, 3.8) is 0 Å². The van der Waals surface area contributed by atoms with Gasteiger partial charge in [0.2, 0.25) is 0 Å². The van der Waals surface area contributed by atoms with Gasteiger partial charge in [0.05, 0.1) is 6.07 Å². The summed E-state index contributed by atoms with van der Waals surface area (Å²) in [5.41, 5.74) is 0.143. The summed E-state index contributed by atoms with van der Waals surface area (Å²) in [5, 5.41) is 13.6. The zero-order valence-electron chi connectivity index (χ0n) is 14.1. The van der Waals surface area contributed by atoms with Crippen molar-refractivity contribution < 1.29 is 13.2 Å². The van der Waals surface area contributed by atoms with Gasteiger partial charge in [-0.1, -0.05) is 32.9 Å². The van der Waals surface area contributed by atoms with Crippen LogP contribution >= 0.6 is 11.3 Å². The molecule has 0 aliphatic heterocycles. The Morgan fingerprint density at radius 2 is 1.96 bits per heavy atom. The highest BCUT2D eigenvalue weighted by molar-refractivity contribution is 7.94. The second-order valence-electron chi connectivity index (χ2n) is 6.52. The summed E-state index contributed by atoms with van der Waals surface area (Å²) < 4.78 is 27.2. The van der Waals surface area contributed by atoms with Crippen molar-refractivity contribution in [3.05, 3.63) is 47.3 Å². The third-order valence-electron chi connectivity index (χ3n) is 3.41. The summed E-state index contributed by atoms with van der Waals surface area (Å²) in [5.74, 6) is -0.432. The predicted octanol–water partition coefficient (Wildman–Crippen LogP) is 3.22. The summed E-state index contributed by atoms with van der Waals surface area (Å²) >= 11 is 1.11. The Morgan fingerprint density at radius 1 is 1.24 bits per heavy atom. The molecule has 6 nitrogen and oxygen atoms in total. The minimum Gasteiger partial charge on any atom is -0.336 e. The fourth-order valence-corrected chi connectivity index (χ4v) is 4.04. The fourth-order valence-electron chi connectivity index (χ4n) is 2.00. The van der Waals surface area contributed by atoms with Crippen molar-refractivity contribution in [2.24, 2.45) is 5.41 Å². The van der Waals surface area contributed by atoms with Gasteiger partial charge < -0.3 is 5.32 Å². The third-order valence-corrected chi connectivity index (χ3v) is 6.19. The topological polar surface area (TPSA) is 99.1 Å². The second-order valence-corrected chi connectivity index (χ2v) is 9.38. The van der Waals surface area contributed by atoms with E-state index >= 15 is 0 Å². The van der Waals surface area contributed by atoms with Gasteiger partial charge in [-0.05, 0) is 35.1 Å². The van der Waals surface area contributed by atoms with Gasteiger partial charge in [0, 0.05) is 11.3 Å². The van der Waals surface area contributed by atoms with Crippen LogP contribution in [-0.4, -0.2) is 20.4 Å². The number of anilines is 1. The highest BCUT2D eigenvalue weighted by atomic mass is 32.2. The Hall–Kier alpha value is -2.37. The molecule has 132 valence electrons. The molecule has 8 heteroatoms. The Balaban J connectivity index is 2.19. The minimum atomic E-state index is -3.68. The number of carbonyl (C=O) groups excluding carboxylic acids is 1. The van der Waals surface area contributed by atoms with E-state index in [9.17, 15) is 18.5 Å². The first kappa shape index (κ1) is 19.0. The molecule has 2 rings (SSSR count). The number of thiophene rings is 1. The molecule has 1 amide bonds. The average molecular weight is 377 g/mol. The first-order valence-electron chi connectivity index (χ1n) is 7.50. The normalized spacial score (nSPS) is 12.9. The number of nitrogens with one attached hydrogen (secondary N) is 2. The van der Waals surface area contributed by atoms with Crippen LogP contribution in [-0.2, 0) is 10.0 Å². The number of sulfonamides is 1. The van der Waals surface area contributed by atoms with Crippen molar-refractivity contribution in [2.45, 2.75) is 31.0 Å². The van der Waals surface area contributed by atoms with E-state index in [-0.39, 0.29) is 15.5 Å². The molecule has 0 aliphatic carbocycles. The van der Waals surface area contributed by atoms with E-state index in [2.05, 4.69) is 16.1 Å². The molecule has 0 spiro atoms. The molecular weight excluding hydrogens is 358 g/mol. The van der Waals surface area contributed by atoms with E-state index in [1.54, 1.807) is 29.6 Å². The van der Waals surface area contributed by atoms with E-state index in [1.807, 2.05) is 20.8 Å². The molecule has 1 aromatic carbocycles. The van der Waals surface area contributed by atoms with Crippen LogP contribution in [0.15, 0.2) is 46.0 Å². The first-order valence-corrected chi connectivity index (χ1v) is 9.86. The molecule has 2 N–H and O–H groups in total. The van der Waals surface area contributed by atoms with Crippen molar-refractivity contribution in [1.29, 1.82) is 5.26 Å². The van der Waals surface area contributed by atoms with Crippen LogP contribution in [0, 0.1) is 16.7 Å². The van der Waals surface area contributed by atoms with Gasteiger partial charge in [0.1, 0.15) is 10.3 Å². The lowest BCUT2D eigenvalue weighted by Gasteiger charge is -2.25. The number of amides is 1. The molecule has 0 radical (unpaired) electrons. The molecular formula is C17H19N3O3S2. The average Bonchev–Trinajstić information content (AvgIpc) is 3.06. The Morgan fingerprint density at radius 3 is 2.52 bits per heavy atom. The SMILES string of the molecule is CC(C)(C)[C@@H](C#N)NC(=O)c1cccc(NS(=O)(=O)c2cccs2)c1. The number of benzene rings is 1. The summed E-state index contributed by atoms with van der Waals surface area (Å²) in [6.45, 7) is 5.56. The standard InChI is InChI=1S/C17H19N3O3S2/c1-17(2,3)14(11-18)19-16(21)12-6-4-7-13(10-12)20-25(22,23)15-8-5-9-24-15/h4-10,14,20H,1-3H3,(H,19,21)/t14-/m1/s1. The van der Waals surface area contributed by atoms with Crippen molar-refractivity contribution in [1.82, 2.24) is 5.32 Å². The second kappa shape index (κ2) is 7.25. The number of hydrogen-bond donors (Lipinski definition) is 2. The summed E-state index contributed by atoms with van der Waals surface area (Å²) in [6.07, 6.45) is 0. The van der Waals surface area contributed by atoms with Crippen LogP contribution in [0.5, 0.6) is 0 Å². The van der Waals surface area contributed by atoms with E-state index in [4.69, 9.17) is 0 Å². The largest absolute Gasteiger partial charge is 0.336 e. The fraction of sp³-hybridized carbons (Fsp3) is 0.294. The third kappa shape index (κ3) is 4.81. The summed E-state index contributed by atoms with van der Waals surface area (Å²) in [7, 11) is -3.68. The molecule has 0 bridgehead atoms. The quantitative estimate of drug-likeness (QED) is 0.836. The molecule has 0 unspecified atom stereocenters. The van der Waals surface area contributed by atoms with E-state index in [0.29, 0.717) is 0 Å². The lowest BCUT2D eigenvalue weighted by molar-refractivity contribution is 0.0922. The minimum absolute atomic E-state index is 0.194. The highest BCUT2D eigenvalue weighted by Crippen LogP contribution is 2.22. The molecule has 1 heterocycles. The zero-order chi connectivity index (χ0) is 18.7. The molecule has 1 aromatic heterocycles. The van der Waals surface area contributed by atoms with Gasteiger partial charge in [0.15, 0.2) is 0 Å². The molecule has 1 atom stereocenters. The van der Waals surface area contributed by atoms with Crippen molar-refractivity contribution >= 4 is 33.0 Å². The Labute approximate surface area is 151 Å². The number of hydrogen-bond acceptors (Lipinski definition) is 5. The summed E-state index contributed by atoms with van der Waals surface area (Å²) in [6, 6.07) is 10.7. The molecule has 0 saturated heterocycles. The maximum absolute atomic E-state index is 12.4. The number of nitriles is 1. The van der Waals surface area contributed by atoms with Gasteiger partial charge in [-0.3, -0.25) is 9.52 Å². The monoisotopic (exact) mass is 377 g/mol. The van der Waals surface area contributed by atoms with Crippen LogP contribution in [0.1, 0.15) is 31.1 Å². The van der Waals surface area contributed by atoms with Gasteiger partial charge in [0.25, 0.3) is 15.9 Å². The Bertz CT molecular complexity index is 892. The smallest absolute Gasteiger partial charge is 0.271 e. The maximum Gasteiger partial charge on any atom is 0.271 e.